The van der Waals surface area contributed by atoms with Crippen LogP contribution in [0, 0.1) is 11.6 Å². The SMILES string of the molecule is COc1c(F)c(C(F)(F)F)c(SOO[O-])c(F)c1C(F)(F)F. The molecule has 0 bridgehead atoms. The van der Waals surface area contributed by atoms with E-state index in [0.717, 1.165) is 0 Å². The van der Waals surface area contributed by atoms with E-state index in [0.29, 0.717) is 7.11 Å². The molecule has 126 valence electrons. The van der Waals surface area contributed by atoms with E-state index in [1.54, 1.807) is 0 Å². The summed E-state index contributed by atoms with van der Waals surface area (Å²) in [5.74, 6) is -7.02. The van der Waals surface area contributed by atoms with Crippen molar-refractivity contribution in [3.63, 3.8) is 0 Å². The van der Waals surface area contributed by atoms with Gasteiger partial charge in [0.05, 0.1) is 24.0 Å². The first-order valence-electron chi connectivity index (χ1n) is 4.83. The van der Waals surface area contributed by atoms with Crippen LogP contribution in [0.4, 0.5) is 35.1 Å². The summed E-state index contributed by atoms with van der Waals surface area (Å²) in [5, 5.41) is 12.2. The van der Waals surface area contributed by atoms with E-state index < -0.39 is 57.8 Å². The molecule has 0 amide bonds. The molecule has 1 aromatic carbocycles. The Balaban J connectivity index is 3.83. The van der Waals surface area contributed by atoms with Crippen molar-refractivity contribution in [1.82, 2.24) is 0 Å². The molecule has 1 aromatic rings. The molecule has 0 N–H and O–H groups in total. The van der Waals surface area contributed by atoms with Crippen molar-refractivity contribution in [1.29, 1.82) is 0 Å². The zero-order valence-electron chi connectivity index (χ0n) is 10.1. The molecule has 0 saturated heterocycles. The maximum absolute atomic E-state index is 13.8. The zero-order chi connectivity index (χ0) is 17.3. The van der Waals surface area contributed by atoms with Gasteiger partial charge in [0.15, 0.2) is 17.4 Å². The summed E-state index contributed by atoms with van der Waals surface area (Å²) < 4.78 is 111. The summed E-state index contributed by atoms with van der Waals surface area (Å²) in [6.07, 6.45) is -11.2. The largest absolute Gasteiger partial charge is 0.691 e. The molecule has 0 fully saturated rings. The number of ether oxygens (including phenoxy) is 1. The van der Waals surface area contributed by atoms with Crippen molar-refractivity contribution in [2.75, 3.05) is 7.11 Å². The van der Waals surface area contributed by atoms with Gasteiger partial charge in [0.1, 0.15) is 11.1 Å². The van der Waals surface area contributed by atoms with Crippen LogP contribution in [-0.4, -0.2) is 7.11 Å². The summed E-state index contributed by atoms with van der Waals surface area (Å²) >= 11 is -0.861. The Labute approximate surface area is 120 Å². The zero-order valence-corrected chi connectivity index (χ0v) is 10.9. The molecule has 0 spiro atoms. The maximum atomic E-state index is 13.8. The molecule has 13 heteroatoms. The van der Waals surface area contributed by atoms with Crippen LogP contribution in [0.2, 0.25) is 0 Å². The van der Waals surface area contributed by atoms with Gasteiger partial charge in [-0.15, -0.1) is 0 Å². The van der Waals surface area contributed by atoms with Crippen LogP contribution < -0.4 is 9.99 Å². The topological polar surface area (TPSA) is 50.8 Å². The third-order valence-corrected chi connectivity index (χ3v) is 2.88. The minimum absolute atomic E-state index is 0.428. The highest BCUT2D eigenvalue weighted by Crippen LogP contribution is 2.49. The van der Waals surface area contributed by atoms with E-state index in [2.05, 4.69) is 14.1 Å². The van der Waals surface area contributed by atoms with Crippen molar-refractivity contribution >= 4 is 12.0 Å². The smallest absolute Gasteiger partial charge is 0.422 e. The Morgan fingerprint density at radius 1 is 0.909 bits per heavy atom. The number of halogens is 8. The quantitative estimate of drug-likeness (QED) is 0.358. The maximum Gasteiger partial charge on any atom is 0.422 e. The highest BCUT2D eigenvalue weighted by Gasteiger charge is 2.48. The van der Waals surface area contributed by atoms with Crippen molar-refractivity contribution < 1.29 is 54.5 Å². The molecule has 0 atom stereocenters. The Hall–Kier alpha value is -1.31. The van der Waals surface area contributed by atoms with E-state index in [1.807, 2.05) is 0 Å². The van der Waals surface area contributed by atoms with Crippen LogP contribution in [0.5, 0.6) is 5.75 Å². The molecular weight excluding hydrogens is 356 g/mol. The molecule has 0 unspecified atom stereocenters. The minimum Gasteiger partial charge on any atom is -0.691 e. The highest BCUT2D eigenvalue weighted by atomic mass is 32.2. The van der Waals surface area contributed by atoms with E-state index in [1.165, 1.54) is 0 Å². The molecule has 0 heterocycles. The third-order valence-electron chi connectivity index (χ3n) is 2.21. The van der Waals surface area contributed by atoms with Gasteiger partial charge in [-0.05, 0) is 0 Å². The first kappa shape index (κ1) is 18.7. The molecule has 0 radical (unpaired) electrons. The van der Waals surface area contributed by atoms with Gasteiger partial charge in [0.25, 0.3) is 0 Å². The molecule has 0 aromatic heterocycles. The lowest BCUT2D eigenvalue weighted by molar-refractivity contribution is -0.777. The van der Waals surface area contributed by atoms with Gasteiger partial charge >= 0.3 is 12.4 Å². The molecule has 22 heavy (non-hydrogen) atoms. The van der Waals surface area contributed by atoms with Crippen LogP contribution in [0.25, 0.3) is 0 Å². The highest BCUT2D eigenvalue weighted by molar-refractivity contribution is 7.94. The fourth-order valence-corrected chi connectivity index (χ4v) is 2.03. The van der Waals surface area contributed by atoms with E-state index in [4.69, 9.17) is 0 Å². The second-order valence-corrected chi connectivity index (χ2v) is 4.17. The lowest BCUT2D eigenvalue weighted by Gasteiger charge is -2.20. The fourth-order valence-electron chi connectivity index (χ4n) is 1.47. The summed E-state index contributed by atoms with van der Waals surface area (Å²) in [4.78, 5) is -1.96. The van der Waals surface area contributed by atoms with Crippen LogP contribution >= 0.6 is 12.0 Å². The summed E-state index contributed by atoms with van der Waals surface area (Å²) in [5.41, 5.74) is -4.85. The second kappa shape index (κ2) is 6.44. The van der Waals surface area contributed by atoms with Gasteiger partial charge < -0.3 is 9.99 Å². The Morgan fingerprint density at radius 3 is 1.77 bits per heavy atom. The Morgan fingerprint density at radius 2 is 1.41 bits per heavy atom. The molecule has 1 rings (SSSR count). The predicted molar refractivity (Wildman–Crippen MR) is 50.9 cm³/mol. The third kappa shape index (κ3) is 3.53. The van der Waals surface area contributed by atoms with Gasteiger partial charge in [-0.2, -0.15) is 30.7 Å². The fraction of sp³-hybridized carbons (Fsp3) is 0.333. The van der Waals surface area contributed by atoms with Crippen LogP contribution in [0.3, 0.4) is 0 Å². The van der Waals surface area contributed by atoms with Gasteiger partial charge in [-0.3, -0.25) is 5.04 Å². The molecule has 4 nitrogen and oxygen atoms in total. The second-order valence-electron chi connectivity index (χ2n) is 3.46. The molecule has 0 aliphatic heterocycles. The monoisotopic (exact) mass is 359 g/mol. The average Bonchev–Trinajstić information content (AvgIpc) is 2.35. The van der Waals surface area contributed by atoms with Crippen LogP contribution in [-0.2, 0) is 21.7 Å². The van der Waals surface area contributed by atoms with Crippen molar-refractivity contribution in [3.8, 4) is 5.75 Å². The molecular formula is C9H3F8O4S-. The Bertz CT molecular complexity index is 556. The van der Waals surface area contributed by atoms with Crippen LogP contribution in [0.15, 0.2) is 4.90 Å². The van der Waals surface area contributed by atoms with E-state index in [-0.39, 0.29) is 0 Å². The molecule has 0 aliphatic carbocycles. The van der Waals surface area contributed by atoms with Gasteiger partial charge in [0.2, 0.25) is 0 Å². The molecule has 0 saturated carbocycles. The van der Waals surface area contributed by atoms with E-state index in [9.17, 15) is 40.4 Å². The van der Waals surface area contributed by atoms with Crippen LogP contribution in [0.1, 0.15) is 11.1 Å². The number of hydrogen-bond acceptors (Lipinski definition) is 5. The van der Waals surface area contributed by atoms with E-state index >= 15 is 0 Å². The normalized spacial score (nSPS) is 12.6. The number of benzene rings is 1. The minimum atomic E-state index is -5.60. The predicted octanol–water partition coefficient (Wildman–Crippen LogP) is 3.24. The molecule has 0 aliphatic rings. The van der Waals surface area contributed by atoms with Crippen molar-refractivity contribution in [2.45, 2.75) is 17.2 Å². The number of hydrogen-bond donors (Lipinski definition) is 0. The Kier molecular flexibility index (Phi) is 5.48. The van der Waals surface area contributed by atoms with Crippen molar-refractivity contribution in [3.05, 3.63) is 22.8 Å². The lowest BCUT2D eigenvalue weighted by Crippen LogP contribution is -2.19. The summed E-state index contributed by atoms with van der Waals surface area (Å²) in [7, 11) is 0.428. The summed E-state index contributed by atoms with van der Waals surface area (Å²) in [6, 6.07) is 0. The number of alkyl halides is 6. The summed E-state index contributed by atoms with van der Waals surface area (Å²) in [6.45, 7) is 0. The van der Waals surface area contributed by atoms with Gasteiger partial charge in [-0.25, -0.2) is 8.78 Å². The number of rotatable bonds is 4. The van der Waals surface area contributed by atoms with Gasteiger partial charge in [-0.1, -0.05) is 0 Å². The average molecular weight is 359 g/mol. The van der Waals surface area contributed by atoms with Crippen molar-refractivity contribution in [2.24, 2.45) is 0 Å². The van der Waals surface area contributed by atoms with Gasteiger partial charge in [0, 0.05) is 0 Å². The standard InChI is InChI=1S/C9H4F8O4S/c1-19-6-2(8(12,13)14)5(11)7(22-21-20-18)3(4(6)10)9(15,16)17/h18H,1H3/p-1. The first-order chi connectivity index (χ1) is 9.96. The first-order valence-corrected chi connectivity index (χ1v) is 5.57. The number of methoxy groups -OCH3 is 1. The lowest BCUT2D eigenvalue weighted by atomic mass is 10.1.